The Labute approximate surface area is 148 Å². The van der Waals surface area contributed by atoms with E-state index in [9.17, 15) is 10.1 Å². The van der Waals surface area contributed by atoms with Crippen molar-refractivity contribution in [3.05, 3.63) is 70.3 Å². The second-order valence-corrected chi connectivity index (χ2v) is 5.68. The highest BCUT2D eigenvalue weighted by atomic mass is 16.5. The van der Waals surface area contributed by atoms with Crippen molar-refractivity contribution in [2.75, 3.05) is 6.61 Å². The van der Waals surface area contributed by atoms with Crippen molar-refractivity contribution in [3.63, 3.8) is 0 Å². The van der Waals surface area contributed by atoms with Gasteiger partial charge in [-0.15, -0.1) is 0 Å². The standard InChI is InChI=1S/C21H21NO3/c1-4-24-20-9-7-17(8-10-20)12-18(13-22)21(23)25-14-19-11-15(2)5-6-16(19)3/h5-12H,4,14H2,1-3H3/b18-12+. The number of hydrogen-bond acceptors (Lipinski definition) is 4. The summed E-state index contributed by atoms with van der Waals surface area (Å²) >= 11 is 0. The molecule has 2 aromatic rings. The summed E-state index contributed by atoms with van der Waals surface area (Å²) in [6.45, 7) is 6.59. The number of nitriles is 1. The number of carbonyl (C=O) groups is 1. The van der Waals surface area contributed by atoms with Crippen molar-refractivity contribution in [3.8, 4) is 11.8 Å². The Morgan fingerprint density at radius 1 is 1.16 bits per heavy atom. The molecule has 4 heteroatoms. The third-order valence-electron chi connectivity index (χ3n) is 3.71. The van der Waals surface area contributed by atoms with Gasteiger partial charge in [-0.25, -0.2) is 4.79 Å². The zero-order valence-electron chi connectivity index (χ0n) is 14.7. The van der Waals surface area contributed by atoms with Gasteiger partial charge in [0.15, 0.2) is 0 Å². The molecule has 0 atom stereocenters. The van der Waals surface area contributed by atoms with Gasteiger partial charge in [0.1, 0.15) is 24.0 Å². The number of rotatable bonds is 6. The van der Waals surface area contributed by atoms with Crippen LogP contribution in [0.25, 0.3) is 6.08 Å². The van der Waals surface area contributed by atoms with Crippen LogP contribution in [-0.2, 0) is 16.1 Å². The smallest absolute Gasteiger partial charge is 0.349 e. The summed E-state index contributed by atoms with van der Waals surface area (Å²) in [5.74, 6) is 0.118. The highest BCUT2D eigenvalue weighted by Crippen LogP contribution is 2.16. The van der Waals surface area contributed by atoms with Crippen LogP contribution in [0.4, 0.5) is 0 Å². The third-order valence-corrected chi connectivity index (χ3v) is 3.71. The van der Waals surface area contributed by atoms with Gasteiger partial charge in [0, 0.05) is 0 Å². The van der Waals surface area contributed by atoms with E-state index in [4.69, 9.17) is 9.47 Å². The lowest BCUT2D eigenvalue weighted by atomic mass is 10.1. The Balaban J connectivity index is 2.07. The lowest BCUT2D eigenvalue weighted by molar-refractivity contribution is -0.139. The minimum absolute atomic E-state index is 0.0329. The molecular weight excluding hydrogens is 314 g/mol. The van der Waals surface area contributed by atoms with E-state index in [1.807, 2.05) is 45.0 Å². The van der Waals surface area contributed by atoms with Gasteiger partial charge in [0.2, 0.25) is 0 Å². The van der Waals surface area contributed by atoms with E-state index in [0.717, 1.165) is 28.0 Å². The number of aryl methyl sites for hydroxylation is 2. The van der Waals surface area contributed by atoms with E-state index in [0.29, 0.717) is 6.61 Å². The molecule has 0 aliphatic heterocycles. The average molecular weight is 335 g/mol. The minimum Gasteiger partial charge on any atom is -0.494 e. The van der Waals surface area contributed by atoms with Crippen LogP contribution in [0.5, 0.6) is 5.75 Å². The summed E-state index contributed by atoms with van der Waals surface area (Å²) in [7, 11) is 0. The van der Waals surface area contributed by atoms with Crippen LogP contribution in [0.2, 0.25) is 0 Å². The van der Waals surface area contributed by atoms with Gasteiger partial charge in [0.05, 0.1) is 6.61 Å². The van der Waals surface area contributed by atoms with Crippen molar-refractivity contribution in [2.24, 2.45) is 0 Å². The molecule has 128 valence electrons. The SMILES string of the molecule is CCOc1ccc(/C=C(\C#N)C(=O)OCc2cc(C)ccc2C)cc1. The van der Waals surface area contributed by atoms with Crippen molar-refractivity contribution in [2.45, 2.75) is 27.4 Å². The van der Waals surface area contributed by atoms with E-state index >= 15 is 0 Å². The predicted molar refractivity (Wildman–Crippen MR) is 96.9 cm³/mol. The molecular formula is C21H21NO3. The van der Waals surface area contributed by atoms with Gasteiger partial charge in [-0.05, 0) is 55.7 Å². The summed E-state index contributed by atoms with van der Waals surface area (Å²) in [6.07, 6.45) is 1.52. The van der Waals surface area contributed by atoms with Crippen LogP contribution in [0.1, 0.15) is 29.2 Å². The van der Waals surface area contributed by atoms with Gasteiger partial charge in [0.25, 0.3) is 0 Å². The fourth-order valence-corrected chi connectivity index (χ4v) is 2.31. The maximum Gasteiger partial charge on any atom is 0.349 e. The first-order valence-corrected chi connectivity index (χ1v) is 8.11. The number of hydrogen-bond donors (Lipinski definition) is 0. The molecule has 0 aliphatic rings. The van der Waals surface area contributed by atoms with Gasteiger partial charge >= 0.3 is 5.97 Å². The summed E-state index contributed by atoms with van der Waals surface area (Å²) in [4.78, 5) is 12.2. The lowest BCUT2D eigenvalue weighted by Gasteiger charge is -2.08. The number of benzene rings is 2. The third kappa shape index (κ3) is 5.22. The molecule has 2 rings (SSSR count). The molecule has 0 saturated carbocycles. The molecule has 0 aliphatic carbocycles. The molecule has 0 radical (unpaired) electrons. The van der Waals surface area contributed by atoms with Gasteiger partial charge in [-0.2, -0.15) is 5.26 Å². The Bertz CT molecular complexity index is 814. The average Bonchev–Trinajstić information content (AvgIpc) is 2.61. The first-order chi connectivity index (χ1) is 12.0. The molecule has 0 fully saturated rings. The first-order valence-electron chi connectivity index (χ1n) is 8.11. The molecule has 4 nitrogen and oxygen atoms in total. The maximum absolute atomic E-state index is 12.2. The van der Waals surface area contributed by atoms with Crippen LogP contribution < -0.4 is 4.74 Å². The van der Waals surface area contributed by atoms with E-state index in [1.54, 1.807) is 24.3 Å². The van der Waals surface area contributed by atoms with Crippen molar-refractivity contribution in [1.82, 2.24) is 0 Å². The number of ether oxygens (including phenoxy) is 2. The van der Waals surface area contributed by atoms with Crippen LogP contribution in [0.3, 0.4) is 0 Å². The van der Waals surface area contributed by atoms with Gasteiger partial charge in [-0.1, -0.05) is 35.9 Å². The van der Waals surface area contributed by atoms with Crippen molar-refractivity contribution >= 4 is 12.0 Å². The molecule has 2 aromatic carbocycles. The summed E-state index contributed by atoms with van der Waals surface area (Å²) in [6, 6.07) is 15.1. The highest BCUT2D eigenvalue weighted by Gasteiger charge is 2.12. The molecule has 0 unspecified atom stereocenters. The highest BCUT2D eigenvalue weighted by molar-refractivity contribution is 5.97. The largest absolute Gasteiger partial charge is 0.494 e. The monoisotopic (exact) mass is 335 g/mol. The first kappa shape index (κ1) is 18.3. The molecule has 25 heavy (non-hydrogen) atoms. The van der Waals surface area contributed by atoms with Gasteiger partial charge in [-0.3, -0.25) is 0 Å². The number of esters is 1. The summed E-state index contributed by atoms with van der Waals surface area (Å²) in [5.41, 5.74) is 3.79. The zero-order chi connectivity index (χ0) is 18.2. The Kier molecular flexibility index (Phi) is 6.36. The minimum atomic E-state index is -0.628. The van der Waals surface area contributed by atoms with Crippen molar-refractivity contribution in [1.29, 1.82) is 5.26 Å². The Morgan fingerprint density at radius 3 is 2.52 bits per heavy atom. The predicted octanol–water partition coefficient (Wildman–Crippen LogP) is 4.35. The molecule has 0 N–H and O–H groups in total. The summed E-state index contributed by atoms with van der Waals surface area (Å²) < 4.78 is 10.7. The van der Waals surface area contributed by atoms with Crippen LogP contribution in [-0.4, -0.2) is 12.6 Å². The van der Waals surface area contributed by atoms with E-state index in [-0.39, 0.29) is 12.2 Å². The van der Waals surface area contributed by atoms with E-state index in [1.165, 1.54) is 6.08 Å². The second kappa shape index (κ2) is 8.70. The second-order valence-electron chi connectivity index (χ2n) is 5.68. The van der Waals surface area contributed by atoms with Crippen LogP contribution >= 0.6 is 0 Å². The fraction of sp³-hybridized carbons (Fsp3) is 0.238. The summed E-state index contributed by atoms with van der Waals surface area (Å²) in [5, 5.41) is 9.25. The Hall–Kier alpha value is -3.06. The number of carbonyl (C=O) groups excluding carboxylic acids is 1. The fourth-order valence-electron chi connectivity index (χ4n) is 2.31. The van der Waals surface area contributed by atoms with Gasteiger partial charge < -0.3 is 9.47 Å². The lowest BCUT2D eigenvalue weighted by Crippen LogP contribution is -2.07. The Morgan fingerprint density at radius 2 is 1.88 bits per heavy atom. The molecule has 0 amide bonds. The zero-order valence-corrected chi connectivity index (χ0v) is 14.7. The molecule has 0 saturated heterocycles. The maximum atomic E-state index is 12.2. The van der Waals surface area contributed by atoms with Crippen LogP contribution in [0.15, 0.2) is 48.0 Å². The van der Waals surface area contributed by atoms with E-state index in [2.05, 4.69) is 0 Å². The number of nitrogens with zero attached hydrogens (tertiary/aromatic N) is 1. The van der Waals surface area contributed by atoms with Crippen LogP contribution in [0, 0.1) is 25.2 Å². The molecule has 0 bridgehead atoms. The molecule has 0 spiro atoms. The molecule has 0 aromatic heterocycles. The quantitative estimate of drug-likeness (QED) is 0.447. The van der Waals surface area contributed by atoms with Crippen molar-refractivity contribution < 1.29 is 14.3 Å². The van der Waals surface area contributed by atoms with E-state index < -0.39 is 5.97 Å². The topological polar surface area (TPSA) is 59.3 Å². The molecule has 0 heterocycles. The normalized spacial score (nSPS) is 10.9.